The summed E-state index contributed by atoms with van der Waals surface area (Å²) in [5, 5.41) is 5.13. The molecule has 1 unspecified atom stereocenters. The number of halogens is 2. The van der Waals surface area contributed by atoms with Gasteiger partial charge < -0.3 is 16.0 Å². The van der Waals surface area contributed by atoms with Gasteiger partial charge in [0.1, 0.15) is 6.04 Å². The summed E-state index contributed by atoms with van der Waals surface area (Å²) in [7, 11) is 0. The van der Waals surface area contributed by atoms with E-state index in [9.17, 15) is 9.59 Å². The minimum atomic E-state index is -0.367. The summed E-state index contributed by atoms with van der Waals surface area (Å²) >= 11 is 1.37. The lowest BCUT2D eigenvalue weighted by molar-refractivity contribution is -0.136. The first kappa shape index (κ1) is 20.1. The fraction of sp³-hybridized carbons (Fsp3) is 0.583. The van der Waals surface area contributed by atoms with E-state index in [1.54, 1.807) is 16.5 Å². The molecule has 2 heterocycles. The number of aromatic nitrogens is 1. The minimum Gasteiger partial charge on any atom is -0.331 e. The maximum absolute atomic E-state index is 12.1. The third kappa shape index (κ3) is 5.43. The highest BCUT2D eigenvalue weighted by Crippen LogP contribution is 2.21. The number of anilines is 1. The van der Waals surface area contributed by atoms with Gasteiger partial charge in [0, 0.05) is 24.5 Å². The Kier molecular flexibility index (Phi) is 9.52. The molecule has 1 aromatic heterocycles. The van der Waals surface area contributed by atoms with Gasteiger partial charge in [0.2, 0.25) is 11.8 Å². The van der Waals surface area contributed by atoms with Crippen molar-refractivity contribution in [3.05, 3.63) is 11.6 Å². The topological polar surface area (TPSA) is 88.3 Å². The van der Waals surface area contributed by atoms with E-state index >= 15 is 0 Å². The highest BCUT2D eigenvalue weighted by atomic mass is 35.5. The van der Waals surface area contributed by atoms with E-state index in [-0.39, 0.29) is 42.7 Å². The summed E-state index contributed by atoms with van der Waals surface area (Å²) in [6.45, 7) is 1.15. The molecule has 0 aromatic carbocycles. The molecule has 120 valence electrons. The SMILES string of the molecule is Cl.Cl.NCCCC(=O)N1CCCC1C(=O)Nc1nccs1. The Morgan fingerprint density at radius 1 is 1.48 bits per heavy atom. The van der Waals surface area contributed by atoms with Gasteiger partial charge >= 0.3 is 0 Å². The van der Waals surface area contributed by atoms with Crippen molar-refractivity contribution < 1.29 is 9.59 Å². The second kappa shape index (κ2) is 9.94. The van der Waals surface area contributed by atoms with Crippen molar-refractivity contribution in [2.45, 2.75) is 31.7 Å². The summed E-state index contributed by atoms with van der Waals surface area (Å²) in [6.07, 6.45) is 4.29. The van der Waals surface area contributed by atoms with E-state index in [0.717, 1.165) is 6.42 Å². The maximum atomic E-state index is 12.1. The van der Waals surface area contributed by atoms with Gasteiger partial charge in [-0.3, -0.25) is 9.59 Å². The first-order chi connectivity index (χ1) is 9.22. The van der Waals surface area contributed by atoms with Crippen molar-refractivity contribution in [1.29, 1.82) is 0 Å². The van der Waals surface area contributed by atoms with E-state index in [1.165, 1.54) is 11.3 Å². The van der Waals surface area contributed by atoms with Gasteiger partial charge in [0.25, 0.3) is 0 Å². The molecule has 1 atom stereocenters. The minimum absolute atomic E-state index is 0. The third-order valence-electron chi connectivity index (χ3n) is 3.13. The van der Waals surface area contributed by atoms with Crippen LogP contribution in [-0.4, -0.2) is 40.8 Å². The first-order valence-electron chi connectivity index (χ1n) is 6.42. The smallest absolute Gasteiger partial charge is 0.248 e. The quantitative estimate of drug-likeness (QED) is 0.841. The molecule has 2 rings (SSSR count). The van der Waals surface area contributed by atoms with E-state index in [2.05, 4.69) is 10.3 Å². The molecule has 0 radical (unpaired) electrons. The molecule has 0 spiro atoms. The molecule has 9 heteroatoms. The summed E-state index contributed by atoms with van der Waals surface area (Å²) in [5.41, 5.74) is 5.40. The Labute approximate surface area is 140 Å². The summed E-state index contributed by atoms with van der Waals surface area (Å²) in [6, 6.07) is -0.367. The molecule has 0 saturated carbocycles. The van der Waals surface area contributed by atoms with Crippen molar-refractivity contribution >= 4 is 53.1 Å². The number of nitrogens with one attached hydrogen (secondary N) is 1. The number of hydrogen-bond donors (Lipinski definition) is 2. The number of amides is 2. The Morgan fingerprint density at radius 2 is 2.24 bits per heavy atom. The Balaban J connectivity index is 0.00000200. The van der Waals surface area contributed by atoms with Gasteiger partial charge in [0.05, 0.1) is 0 Å². The number of nitrogens with zero attached hydrogens (tertiary/aromatic N) is 2. The molecule has 2 amide bonds. The van der Waals surface area contributed by atoms with Gasteiger partial charge in [0.15, 0.2) is 5.13 Å². The highest BCUT2D eigenvalue weighted by molar-refractivity contribution is 7.13. The van der Waals surface area contributed by atoms with Gasteiger partial charge in [-0.15, -0.1) is 36.2 Å². The van der Waals surface area contributed by atoms with Crippen LogP contribution >= 0.6 is 36.2 Å². The van der Waals surface area contributed by atoms with Crippen LogP contribution in [0.5, 0.6) is 0 Å². The van der Waals surface area contributed by atoms with Crippen LogP contribution < -0.4 is 11.1 Å². The average Bonchev–Trinajstić information content (AvgIpc) is 3.05. The van der Waals surface area contributed by atoms with Gasteiger partial charge in [-0.05, 0) is 25.8 Å². The van der Waals surface area contributed by atoms with Crippen LogP contribution in [0.4, 0.5) is 5.13 Å². The van der Waals surface area contributed by atoms with Crippen molar-refractivity contribution in [3.63, 3.8) is 0 Å². The molecule has 21 heavy (non-hydrogen) atoms. The van der Waals surface area contributed by atoms with Crippen LogP contribution in [0.2, 0.25) is 0 Å². The largest absolute Gasteiger partial charge is 0.331 e. The molecular weight excluding hydrogens is 335 g/mol. The highest BCUT2D eigenvalue weighted by Gasteiger charge is 2.33. The standard InChI is InChI=1S/C12H18N4O2S.2ClH/c13-5-1-4-10(17)16-7-2-3-9(16)11(18)15-12-14-6-8-19-12;;/h6,8-9H,1-5,7,13H2,(H,14,15,18);2*1H. The molecule has 3 N–H and O–H groups in total. The lowest BCUT2D eigenvalue weighted by Gasteiger charge is -2.23. The molecule has 1 aliphatic heterocycles. The monoisotopic (exact) mass is 354 g/mol. The predicted molar refractivity (Wildman–Crippen MR) is 88.3 cm³/mol. The predicted octanol–water partition coefficient (Wildman–Crippen LogP) is 1.66. The zero-order valence-corrected chi connectivity index (χ0v) is 13.9. The van der Waals surface area contributed by atoms with E-state index < -0.39 is 0 Å². The first-order valence-corrected chi connectivity index (χ1v) is 7.30. The average molecular weight is 355 g/mol. The number of thiazole rings is 1. The van der Waals surface area contributed by atoms with Crippen LogP contribution in [-0.2, 0) is 9.59 Å². The summed E-state index contributed by atoms with van der Waals surface area (Å²) < 4.78 is 0. The van der Waals surface area contributed by atoms with Gasteiger partial charge in [-0.25, -0.2) is 4.98 Å². The number of carbonyl (C=O) groups excluding carboxylic acids is 2. The molecule has 0 aliphatic carbocycles. The van der Waals surface area contributed by atoms with Crippen LogP contribution in [0.15, 0.2) is 11.6 Å². The van der Waals surface area contributed by atoms with E-state index in [0.29, 0.717) is 37.5 Å². The van der Waals surface area contributed by atoms with E-state index in [4.69, 9.17) is 5.73 Å². The van der Waals surface area contributed by atoms with Crippen LogP contribution in [0.1, 0.15) is 25.7 Å². The Hall–Kier alpha value is -0.890. The molecule has 1 fully saturated rings. The number of likely N-dealkylation sites (tertiary alicyclic amines) is 1. The summed E-state index contributed by atoms with van der Waals surface area (Å²) in [5.74, 6) is -0.129. The number of nitrogens with two attached hydrogens (primary N) is 1. The molecule has 1 saturated heterocycles. The number of hydrogen-bond acceptors (Lipinski definition) is 5. The fourth-order valence-corrected chi connectivity index (χ4v) is 2.74. The van der Waals surface area contributed by atoms with Crippen LogP contribution in [0, 0.1) is 0 Å². The lowest BCUT2D eigenvalue weighted by Crippen LogP contribution is -2.43. The van der Waals surface area contributed by atoms with Gasteiger partial charge in [-0.1, -0.05) is 0 Å². The second-order valence-electron chi connectivity index (χ2n) is 4.46. The molecule has 6 nitrogen and oxygen atoms in total. The fourth-order valence-electron chi connectivity index (χ4n) is 2.21. The third-order valence-corrected chi connectivity index (χ3v) is 3.82. The number of carbonyl (C=O) groups is 2. The zero-order valence-electron chi connectivity index (χ0n) is 11.5. The molecular formula is C12H20Cl2N4O2S. The zero-order chi connectivity index (χ0) is 13.7. The van der Waals surface area contributed by atoms with Gasteiger partial charge in [-0.2, -0.15) is 0 Å². The van der Waals surface area contributed by atoms with E-state index in [1.807, 2.05) is 0 Å². The molecule has 1 aromatic rings. The Morgan fingerprint density at radius 3 is 2.86 bits per heavy atom. The Bertz CT molecular complexity index is 444. The van der Waals surface area contributed by atoms with Crippen molar-refractivity contribution in [2.75, 3.05) is 18.4 Å². The van der Waals surface area contributed by atoms with Crippen molar-refractivity contribution in [2.24, 2.45) is 5.73 Å². The second-order valence-corrected chi connectivity index (χ2v) is 5.36. The lowest BCUT2D eigenvalue weighted by atomic mass is 10.2. The van der Waals surface area contributed by atoms with Crippen molar-refractivity contribution in [1.82, 2.24) is 9.88 Å². The molecule has 0 bridgehead atoms. The van der Waals surface area contributed by atoms with Crippen molar-refractivity contribution in [3.8, 4) is 0 Å². The number of rotatable bonds is 5. The van der Waals surface area contributed by atoms with Crippen LogP contribution in [0.3, 0.4) is 0 Å². The normalized spacial score (nSPS) is 16.8. The summed E-state index contributed by atoms with van der Waals surface area (Å²) in [4.78, 5) is 29.8. The van der Waals surface area contributed by atoms with Crippen LogP contribution in [0.25, 0.3) is 0 Å². The maximum Gasteiger partial charge on any atom is 0.248 e. The molecule has 1 aliphatic rings.